The van der Waals surface area contributed by atoms with Gasteiger partial charge in [-0.3, -0.25) is 0 Å². The van der Waals surface area contributed by atoms with Gasteiger partial charge in [-0.2, -0.15) is 0 Å². The summed E-state index contributed by atoms with van der Waals surface area (Å²) >= 11 is 0. The van der Waals surface area contributed by atoms with Crippen LogP contribution < -0.4 is 5.32 Å². The third-order valence-electron chi connectivity index (χ3n) is 2.90. The Morgan fingerprint density at radius 1 is 1.27 bits per heavy atom. The molecule has 1 heterocycles. The molecule has 0 aromatic rings. The molecule has 1 saturated carbocycles. The second-order valence-corrected chi connectivity index (χ2v) is 4.00. The standard InChI is InChI=1S/C9H17NO/c11-9-3-4-10-6-8(9)5-7-1-2-7/h7-11H,1-6H2/t8-,9+/m1/s1. The maximum atomic E-state index is 9.61. The first kappa shape index (κ1) is 7.56. The lowest BCUT2D eigenvalue weighted by Gasteiger charge is -2.28. The smallest absolute Gasteiger partial charge is 0.0592 e. The fourth-order valence-electron chi connectivity index (χ4n) is 1.93. The number of hydrogen-bond donors (Lipinski definition) is 2. The van der Waals surface area contributed by atoms with Gasteiger partial charge in [-0.1, -0.05) is 12.8 Å². The van der Waals surface area contributed by atoms with Crippen LogP contribution in [0.1, 0.15) is 25.7 Å². The fourth-order valence-corrected chi connectivity index (χ4v) is 1.93. The Balaban J connectivity index is 1.78. The first-order chi connectivity index (χ1) is 5.36. The molecule has 1 saturated heterocycles. The van der Waals surface area contributed by atoms with Gasteiger partial charge in [-0.15, -0.1) is 0 Å². The molecular formula is C9H17NO. The molecule has 0 radical (unpaired) electrons. The van der Waals surface area contributed by atoms with Gasteiger partial charge in [-0.05, 0) is 31.2 Å². The topological polar surface area (TPSA) is 32.3 Å². The summed E-state index contributed by atoms with van der Waals surface area (Å²) < 4.78 is 0. The molecule has 2 nitrogen and oxygen atoms in total. The molecule has 2 atom stereocenters. The highest BCUT2D eigenvalue weighted by Gasteiger charge is 2.30. The van der Waals surface area contributed by atoms with Crippen LogP contribution >= 0.6 is 0 Å². The zero-order valence-corrected chi connectivity index (χ0v) is 6.92. The SMILES string of the molecule is O[C@H]1CCNC[C@H]1CC1CC1. The van der Waals surface area contributed by atoms with E-state index in [1.165, 1.54) is 19.3 Å². The predicted molar refractivity (Wildman–Crippen MR) is 44.3 cm³/mol. The lowest BCUT2D eigenvalue weighted by Crippen LogP contribution is -2.40. The second-order valence-electron chi connectivity index (χ2n) is 4.00. The first-order valence-corrected chi connectivity index (χ1v) is 4.75. The Morgan fingerprint density at radius 3 is 2.73 bits per heavy atom. The minimum atomic E-state index is -0.0168. The number of nitrogens with one attached hydrogen (secondary N) is 1. The summed E-state index contributed by atoms with van der Waals surface area (Å²) in [6, 6.07) is 0. The van der Waals surface area contributed by atoms with E-state index in [0.29, 0.717) is 5.92 Å². The Labute approximate surface area is 68.0 Å². The molecule has 1 aliphatic heterocycles. The van der Waals surface area contributed by atoms with Gasteiger partial charge in [0, 0.05) is 6.54 Å². The maximum absolute atomic E-state index is 9.61. The van der Waals surface area contributed by atoms with Crippen molar-refractivity contribution in [1.82, 2.24) is 5.32 Å². The molecule has 2 aliphatic rings. The molecule has 2 heteroatoms. The van der Waals surface area contributed by atoms with Crippen LogP contribution in [0.5, 0.6) is 0 Å². The lowest BCUT2D eigenvalue weighted by molar-refractivity contribution is 0.0716. The van der Waals surface area contributed by atoms with Crippen LogP contribution in [0.25, 0.3) is 0 Å². The van der Waals surface area contributed by atoms with Crippen LogP contribution in [0.3, 0.4) is 0 Å². The Morgan fingerprint density at radius 2 is 2.09 bits per heavy atom. The van der Waals surface area contributed by atoms with Gasteiger partial charge in [0.2, 0.25) is 0 Å². The summed E-state index contributed by atoms with van der Waals surface area (Å²) in [7, 11) is 0. The number of piperidine rings is 1. The monoisotopic (exact) mass is 155 g/mol. The van der Waals surface area contributed by atoms with E-state index < -0.39 is 0 Å². The van der Waals surface area contributed by atoms with Crippen molar-refractivity contribution in [3.05, 3.63) is 0 Å². The molecule has 2 fully saturated rings. The highest BCUT2D eigenvalue weighted by molar-refractivity contribution is 4.83. The second kappa shape index (κ2) is 3.11. The minimum Gasteiger partial charge on any atom is -0.393 e. The predicted octanol–water partition coefficient (Wildman–Crippen LogP) is 0.757. The average Bonchev–Trinajstić information content (AvgIpc) is 2.78. The van der Waals surface area contributed by atoms with Crippen molar-refractivity contribution in [1.29, 1.82) is 0 Å². The van der Waals surface area contributed by atoms with Crippen LogP contribution in [0.4, 0.5) is 0 Å². The number of aliphatic hydroxyl groups excluding tert-OH is 1. The van der Waals surface area contributed by atoms with Gasteiger partial charge < -0.3 is 10.4 Å². The quantitative estimate of drug-likeness (QED) is 0.617. The lowest BCUT2D eigenvalue weighted by atomic mass is 9.91. The first-order valence-electron chi connectivity index (χ1n) is 4.75. The highest BCUT2D eigenvalue weighted by atomic mass is 16.3. The zero-order valence-electron chi connectivity index (χ0n) is 6.92. The van der Waals surface area contributed by atoms with E-state index in [2.05, 4.69) is 5.32 Å². The van der Waals surface area contributed by atoms with Crippen molar-refractivity contribution >= 4 is 0 Å². The molecule has 64 valence electrons. The summed E-state index contributed by atoms with van der Waals surface area (Å²) in [4.78, 5) is 0. The van der Waals surface area contributed by atoms with E-state index in [9.17, 15) is 5.11 Å². The fraction of sp³-hybridized carbons (Fsp3) is 1.00. The Kier molecular flexibility index (Phi) is 2.14. The van der Waals surface area contributed by atoms with Crippen LogP contribution in [0.2, 0.25) is 0 Å². The molecule has 1 aliphatic carbocycles. The van der Waals surface area contributed by atoms with E-state index in [0.717, 1.165) is 25.4 Å². The Bertz CT molecular complexity index is 134. The van der Waals surface area contributed by atoms with E-state index >= 15 is 0 Å². The number of rotatable bonds is 2. The van der Waals surface area contributed by atoms with Crippen LogP contribution in [-0.4, -0.2) is 24.3 Å². The third kappa shape index (κ3) is 1.94. The normalized spacial score (nSPS) is 39.0. The highest BCUT2D eigenvalue weighted by Crippen LogP contribution is 2.36. The molecule has 0 amide bonds. The van der Waals surface area contributed by atoms with Gasteiger partial charge in [0.05, 0.1) is 6.10 Å². The maximum Gasteiger partial charge on any atom is 0.0592 e. The summed E-state index contributed by atoms with van der Waals surface area (Å²) in [6.07, 6.45) is 5.01. The van der Waals surface area contributed by atoms with Gasteiger partial charge in [0.1, 0.15) is 0 Å². The van der Waals surface area contributed by atoms with Crippen molar-refractivity contribution in [3.8, 4) is 0 Å². The van der Waals surface area contributed by atoms with Crippen molar-refractivity contribution in [2.45, 2.75) is 31.8 Å². The molecule has 0 bridgehead atoms. The van der Waals surface area contributed by atoms with Crippen molar-refractivity contribution in [2.24, 2.45) is 11.8 Å². The van der Waals surface area contributed by atoms with E-state index in [4.69, 9.17) is 0 Å². The molecule has 2 N–H and O–H groups in total. The van der Waals surface area contributed by atoms with Crippen molar-refractivity contribution < 1.29 is 5.11 Å². The third-order valence-corrected chi connectivity index (χ3v) is 2.90. The summed E-state index contributed by atoms with van der Waals surface area (Å²) in [5, 5.41) is 12.9. The molecule has 2 rings (SSSR count). The summed E-state index contributed by atoms with van der Waals surface area (Å²) in [6.45, 7) is 2.04. The van der Waals surface area contributed by atoms with Crippen LogP contribution in [0, 0.1) is 11.8 Å². The van der Waals surface area contributed by atoms with Crippen LogP contribution in [-0.2, 0) is 0 Å². The molecule has 0 aromatic heterocycles. The number of aliphatic hydroxyl groups is 1. The van der Waals surface area contributed by atoms with Gasteiger partial charge in [0.15, 0.2) is 0 Å². The average molecular weight is 155 g/mol. The van der Waals surface area contributed by atoms with Gasteiger partial charge in [-0.25, -0.2) is 0 Å². The van der Waals surface area contributed by atoms with Crippen molar-refractivity contribution in [3.63, 3.8) is 0 Å². The molecule has 11 heavy (non-hydrogen) atoms. The molecule has 0 aromatic carbocycles. The molecule has 0 spiro atoms. The molecule has 0 unspecified atom stereocenters. The van der Waals surface area contributed by atoms with E-state index in [1.54, 1.807) is 0 Å². The van der Waals surface area contributed by atoms with E-state index in [1.807, 2.05) is 0 Å². The largest absolute Gasteiger partial charge is 0.393 e. The zero-order chi connectivity index (χ0) is 7.68. The minimum absolute atomic E-state index is 0.0168. The van der Waals surface area contributed by atoms with Gasteiger partial charge in [0.25, 0.3) is 0 Å². The van der Waals surface area contributed by atoms with Gasteiger partial charge >= 0.3 is 0 Å². The number of hydrogen-bond acceptors (Lipinski definition) is 2. The summed E-state index contributed by atoms with van der Waals surface area (Å²) in [5.41, 5.74) is 0. The van der Waals surface area contributed by atoms with E-state index in [-0.39, 0.29) is 6.10 Å². The Hall–Kier alpha value is -0.0800. The molecular weight excluding hydrogens is 138 g/mol. The summed E-state index contributed by atoms with van der Waals surface area (Å²) in [5.74, 6) is 1.51. The van der Waals surface area contributed by atoms with Crippen molar-refractivity contribution in [2.75, 3.05) is 13.1 Å². The van der Waals surface area contributed by atoms with Crippen LogP contribution in [0.15, 0.2) is 0 Å².